The fourth-order valence-electron chi connectivity index (χ4n) is 6.63. The SMILES string of the molecule is COCCCc1ccc(=O)n(C2CCC(=O)NC2=O)n1.COCCN.COCCNc1ccc(=O)[nH]n1.COCCNc1ccc(Cl)nn1.Clc1ccc(Cl)nn1.O=C1CCC(Br)C(=O)N1.O=C1CCC(n2nc(CCCO)ccc2=O)C(=O)N1. The Morgan fingerprint density at radius 3 is 1.38 bits per heavy atom. The summed E-state index contributed by atoms with van der Waals surface area (Å²) in [6.45, 7) is 4.59. The number of piperidine rings is 3. The van der Waals surface area contributed by atoms with Gasteiger partial charge in [-0.3, -0.25) is 59.1 Å². The van der Waals surface area contributed by atoms with Crippen LogP contribution in [0.25, 0.3) is 0 Å². The van der Waals surface area contributed by atoms with Crippen LogP contribution in [-0.2, 0) is 60.6 Å². The van der Waals surface area contributed by atoms with Crippen LogP contribution in [0.15, 0.2) is 75.0 Å². The van der Waals surface area contributed by atoms with E-state index in [1.807, 2.05) is 0 Å². The number of imide groups is 3. The quantitative estimate of drug-likeness (QED) is 0.0330. The van der Waals surface area contributed by atoms with E-state index < -0.39 is 23.9 Å². The number of amides is 6. The Balaban J connectivity index is 0.000000352. The molecule has 3 atom stereocenters. The van der Waals surface area contributed by atoms with Crippen LogP contribution >= 0.6 is 50.7 Å². The highest BCUT2D eigenvalue weighted by atomic mass is 79.9. The van der Waals surface area contributed by atoms with E-state index in [9.17, 15) is 43.2 Å². The molecule has 0 saturated carbocycles. The van der Waals surface area contributed by atoms with Gasteiger partial charge >= 0.3 is 0 Å². The maximum Gasteiger partial charge on any atom is 0.267 e. The van der Waals surface area contributed by atoms with Crippen molar-refractivity contribution in [2.45, 2.75) is 81.1 Å². The molecule has 3 aliphatic rings. The first kappa shape index (κ1) is 74.0. The van der Waals surface area contributed by atoms with E-state index in [2.05, 4.69) is 88.0 Å². The van der Waals surface area contributed by atoms with E-state index in [4.69, 9.17) is 59.9 Å². The summed E-state index contributed by atoms with van der Waals surface area (Å²) in [4.78, 5) is 101. The highest BCUT2D eigenvalue weighted by Gasteiger charge is 2.31. The predicted molar refractivity (Wildman–Crippen MR) is 316 cm³/mol. The molecular formula is C51H70BrCl3N16O14. The van der Waals surface area contributed by atoms with Crippen LogP contribution in [0, 0.1) is 0 Å². The molecule has 0 aromatic carbocycles. The molecule has 3 aliphatic heterocycles. The van der Waals surface area contributed by atoms with E-state index in [0.29, 0.717) is 117 Å². The average molecular weight is 1320 g/mol. The summed E-state index contributed by atoms with van der Waals surface area (Å²) in [7, 11) is 6.53. The van der Waals surface area contributed by atoms with Crippen molar-refractivity contribution >= 4 is 97.8 Å². The smallest absolute Gasteiger partial charge is 0.267 e. The van der Waals surface area contributed by atoms with E-state index in [0.717, 1.165) is 16.8 Å². The molecule has 0 aliphatic carbocycles. The summed E-state index contributed by atoms with van der Waals surface area (Å²) < 4.78 is 21.5. The summed E-state index contributed by atoms with van der Waals surface area (Å²) in [5.74, 6) is -0.638. The third-order valence-electron chi connectivity index (χ3n) is 10.8. The molecule has 0 bridgehead atoms. The molecule has 3 fully saturated rings. The van der Waals surface area contributed by atoms with Gasteiger partial charge in [0.25, 0.3) is 28.5 Å². The molecule has 6 amide bonds. The van der Waals surface area contributed by atoms with Gasteiger partial charge in [0.15, 0.2) is 15.5 Å². The van der Waals surface area contributed by atoms with Crippen molar-refractivity contribution in [3.63, 3.8) is 0 Å². The van der Waals surface area contributed by atoms with Crippen molar-refractivity contribution in [3.8, 4) is 0 Å². The molecule has 34 heteroatoms. The predicted octanol–water partition coefficient (Wildman–Crippen LogP) is 1.52. The lowest BCUT2D eigenvalue weighted by Gasteiger charge is -2.22. The molecule has 3 unspecified atom stereocenters. The Kier molecular flexibility index (Phi) is 37.9. The molecule has 5 aromatic heterocycles. The van der Waals surface area contributed by atoms with Gasteiger partial charge in [0.05, 0.1) is 36.0 Å². The van der Waals surface area contributed by atoms with Crippen molar-refractivity contribution in [3.05, 3.63) is 119 Å². The van der Waals surface area contributed by atoms with Gasteiger partial charge in [-0.15, -0.1) is 20.4 Å². The lowest BCUT2D eigenvalue weighted by molar-refractivity contribution is -0.137. The molecule has 5 aromatic rings. The number of hydrogen-bond acceptors (Lipinski definition) is 24. The molecule has 8 heterocycles. The zero-order valence-electron chi connectivity index (χ0n) is 47.1. The van der Waals surface area contributed by atoms with E-state index in [1.165, 1.54) is 22.9 Å². The molecule has 0 spiro atoms. The second kappa shape index (κ2) is 43.5. The van der Waals surface area contributed by atoms with Crippen LogP contribution in [0.5, 0.6) is 0 Å². The first-order valence-electron chi connectivity index (χ1n) is 26.1. The minimum Gasteiger partial charge on any atom is -0.396 e. The second-order valence-electron chi connectivity index (χ2n) is 17.3. The topological polar surface area (TPSA) is 413 Å². The van der Waals surface area contributed by atoms with Crippen LogP contribution < -0.4 is 49.0 Å². The van der Waals surface area contributed by atoms with Gasteiger partial charge in [0.2, 0.25) is 23.6 Å². The zero-order valence-corrected chi connectivity index (χ0v) is 51.0. The first-order chi connectivity index (χ1) is 40.8. The van der Waals surface area contributed by atoms with Gasteiger partial charge in [-0.05, 0) is 87.4 Å². The number of alkyl halides is 1. The van der Waals surface area contributed by atoms with E-state index >= 15 is 0 Å². The average Bonchev–Trinajstić information content (AvgIpc) is 3.56. The third-order valence-corrected chi connectivity index (χ3v) is 12.3. The van der Waals surface area contributed by atoms with Crippen LogP contribution in [-0.4, -0.2) is 177 Å². The third kappa shape index (κ3) is 31.6. The number of aliphatic hydroxyl groups is 1. The number of halogens is 4. The number of aromatic nitrogens is 10. The first-order valence-corrected chi connectivity index (χ1v) is 28.1. The van der Waals surface area contributed by atoms with Gasteiger partial charge in [-0.1, -0.05) is 50.7 Å². The second-order valence-corrected chi connectivity index (χ2v) is 19.6. The molecule has 3 saturated heterocycles. The molecule has 8 rings (SSSR count). The highest BCUT2D eigenvalue weighted by molar-refractivity contribution is 9.10. The normalized spacial score (nSPS) is 15.9. The number of carbonyl (C=O) groups is 6. The summed E-state index contributed by atoms with van der Waals surface area (Å²) in [6, 6.07) is 14.2. The van der Waals surface area contributed by atoms with Crippen molar-refractivity contribution in [1.29, 1.82) is 0 Å². The maximum absolute atomic E-state index is 11.8. The van der Waals surface area contributed by atoms with Gasteiger partial charge in [-0.25, -0.2) is 14.5 Å². The molecule has 30 nitrogen and oxygen atoms in total. The van der Waals surface area contributed by atoms with Crippen LogP contribution in [0.1, 0.15) is 74.8 Å². The Bertz CT molecular complexity index is 2960. The highest BCUT2D eigenvalue weighted by Crippen LogP contribution is 2.17. The number of anilines is 2. The monoisotopic (exact) mass is 1310 g/mol. The van der Waals surface area contributed by atoms with E-state index in [1.54, 1.807) is 70.9 Å². The van der Waals surface area contributed by atoms with Crippen LogP contribution in [0.2, 0.25) is 15.5 Å². The fourth-order valence-corrected chi connectivity index (χ4v) is 7.28. The minimum atomic E-state index is -0.737. The van der Waals surface area contributed by atoms with Gasteiger partial charge in [-0.2, -0.15) is 15.3 Å². The number of nitrogens with one attached hydrogen (secondary N) is 6. The lowest BCUT2D eigenvalue weighted by Crippen LogP contribution is -2.45. The van der Waals surface area contributed by atoms with Gasteiger partial charge in [0, 0.05) is 98.7 Å². The van der Waals surface area contributed by atoms with Crippen molar-refractivity contribution in [2.75, 3.05) is 91.7 Å². The Labute approximate surface area is 511 Å². The number of ether oxygens (including phenoxy) is 4. The largest absolute Gasteiger partial charge is 0.396 e. The summed E-state index contributed by atoms with van der Waals surface area (Å²) in [6.07, 6.45) is 4.60. The molecule has 466 valence electrons. The zero-order chi connectivity index (χ0) is 62.9. The number of H-pyrrole nitrogens is 1. The number of aromatic amines is 1. The van der Waals surface area contributed by atoms with Crippen LogP contribution in [0.3, 0.4) is 0 Å². The number of carbonyl (C=O) groups excluding carboxylic acids is 6. The minimum absolute atomic E-state index is 0.0409. The van der Waals surface area contributed by atoms with Crippen molar-refractivity contribution < 1.29 is 52.8 Å². The number of methoxy groups -OCH3 is 4. The number of hydrogen-bond donors (Lipinski definition) is 8. The maximum atomic E-state index is 11.8. The number of aryl methyl sites for hydroxylation is 2. The Morgan fingerprint density at radius 1 is 0.565 bits per heavy atom. The van der Waals surface area contributed by atoms with Crippen LogP contribution in [0.4, 0.5) is 11.6 Å². The number of aliphatic hydroxyl groups excluding tert-OH is 1. The summed E-state index contributed by atoms with van der Waals surface area (Å²) >= 11 is 19.4. The Hall–Kier alpha value is -7.07. The molecule has 85 heavy (non-hydrogen) atoms. The molecular weight excluding hydrogens is 1250 g/mol. The standard InChI is InChI=1S/C13H17N3O4.C12H15N3O4.C7H10ClN3O.C7H11N3O2.C5H6BrNO2.C4H2Cl2N2.C3H9NO/c1-20-8-2-3-9-4-7-12(18)16(15-9)10-5-6-11(17)14-13(10)19;16-7-1-2-8-3-6-11(18)15(14-8)9-4-5-10(17)13-12(9)19;1-12-5-4-9-7-3-2-6(8)10-11-7;1-12-5-4-8-6-2-3-7(11)10-9-6;6-3-1-2-4(8)7-5(3)9;5-3-1-2-4(6)8-7-3;1-5-3-2-4/h4,7,10H,2-3,5-6,8H2,1H3,(H,14,17,19);3,6,9,16H,1-2,4-5,7H2,(H,13,17,19);2-3H,4-5H2,1H3,(H,9,11);2-3H,4-5H2,1H3,(H,8,9)(H,10,11);3H,1-2H2,(H,7,8,9);1-2H;2-4H2,1H3. The molecule has 0 radical (unpaired) electrons. The fraction of sp³-hybridized carbons (Fsp3) is 0.490. The van der Waals surface area contributed by atoms with Crippen molar-refractivity contribution in [2.24, 2.45) is 5.73 Å². The van der Waals surface area contributed by atoms with Crippen molar-refractivity contribution in [1.82, 2.24) is 66.1 Å². The molecule has 9 N–H and O–H groups in total. The van der Waals surface area contributed by atoms with Gasteiger partial charge < -0.3 is 40.4 Å². The number of nitrogens with zero attached hydrogens (tertiary/aromatic N) is 9. The van der Waals surface area contributed by atoms with E-state index in [-0.39, 0.29) is 71.0 Å². The Morgan fingerprint density at radius 2 is 1.00 bits per heavy atom. The number of rotatable bonds is 19. The summed E-state index contributed by atoms with van der Waals surface area (Å²) in [5.41, 5.74) is 5.47. The number of nitrogens with two attached hydrogens (primary N) is 1. The summed E-state index contributed by atoms with van der Waals surface area (Å²) in [5, 5.41) is 51.3. The van der Waals surface area contributed by atoms with Gasteiger partial charge in [0.1, 0.15) is 23.7 Å². The lowest BCUT2D eigenvalue weighted by atomic mass is 10.1.